The number of nitrogens with zero attached hydrogens (tertiary/aromatic N) is 5. The molecule has 2 aromatic carbocycles. The van der Waals surface area contributed by atoms with Crippen molar-refractivity contribution in [3.63, 3.8) is 0 Å². The quantitative estimate of drug-likeness (QED) is 0.288. The highest BCUT2D eigenvalue weighted by molar-refractivity contribution is 7.92. The fourth-order valence-corrected chi connectivity index (χ4v) is 4.63. The van der Waals surface area contributed by atoms with Gasteiger partial charge in [0.05, 0.1) is 17.2 Å². The first-order chi connectivity index (χ1) is 17.5. The highest BCUT2D eigenvalue weighted by atomic mass is 32.2. The van der Waals surface area contributed by atoms with E-state index in [9.17, 15) is 8.42 Å². The first-order valence-corrected chi connectivity index (χ1v) is 13.0. The summed E-state index contributed by atoms with van der Waals surface area (Å²) >= 11 is 0. The maximum atomic E-state index is 12.8. The Morgan fingerprint density at radius 3 is 2.42 bits per heavy atom. The third kappa shape index (κ3) is 5.03. The number of fused-ring (bicyclic) bond motifs is 1. The Bertz CT molecular complexity index is 1570. The van der Waals surface area contributed by atoms with Gasteiger partial charge in [0.1, 0.15) is 11.4 Å². The topological polar surface area (TPSA) is 111 Å². The van der Waals surface area contributed by atoms with E-state index >= 15 is 0 Å². The highest BCUT2D eigenvalue weighted by Gasteiger charge is 2.15. The van der Waals surface area contributed by atoms with Crippen molar-refractivity contribution in [2.45, 2.75) is 24.7 Å². The van der Waals surface area contributed by atoms with Crippen LogP contribution in [0.4, 0.5) is 5.69 Å². The zero-order chi connectivity index (χ0) is 25.0. The van der Waals surface area contributed by atoms with Gasteiger partial charge in [-0.1, -0.05) is 31.5 Å². The summed E-state index contributed by atoms with van der Waals surface area (Å²) in [5.41, 5.74) is 3.22. The lowest BCUT2D eigenvalue weighted by Gasteiger charge is -2.10. The minimum absolute atomic E-state index is 0.163. The molecule has 0 saturated heterocycles. The molecule has 0 radical (unpaired) electrons. The molecule has 0 aliphatic rings. The van der Waals surface area contributed by atoms with Gasteiger partial charge in [0.25, 0.3) is 10.0 Å². The third-order valence-electron chi connectivity index (χ3n) is 5.49. The van der Waals surface area contributed by atoms with Gasteiger partial charge < -0.3 is 4.74 Å². The second kappa shape index (κ2) is 10.1. The summed E-state index contributed by atoms with van der Waals surface area (Å²) in [7, 11) is -3.74. The Labute approximate surface area is 208 Å². The molecular weight excluding hydrogens is 476 g/mol. The van der Waals surface area contributed by atoms with E-state index in [4.69, 9.17) is 4.74 Å². The minimum Gasteiger partial charge on any atom is -0.494 e. The molecule has 0 aliphatic carbocycles. The Morgan fingerprint density at radius 1 is 0.889 bits per heavy atom. The molecular formula is C26H24N6O3S. The molecule has 0 bridgehead atoms. The third-order valence-corrected chi connectivity index (χ3v) is 6.89. The number of nitrogens with one attached hydrogen (secondary N) is 1. The lowest BCUT2D eigenvalue weighted by molar-refractivity contribution is 0.309. The van der Waals surface area contributed by atoms with Crippen LogP contribution < -0.4 is 9.46 Å². The molecule has 10 heteroatoms. The van der Waals surface area contributed by atoms with Crippen LogP contribution in [-0.2, 0) is 10.0 Å². The highest BCUT2D eigenvalue weighted by Crippen LogP contribution is 2.24. The summed E-state index contributed by atoms with van der Waals surface area (Å²) in [5.74, 6) is 1.19. The van der Waals surface area contributed by atoms with Crippen molar-refractivity contribution in [3.8, 4) is 28.5 Å². The van der Waals surface area contributed by atoms with Crippen molar-refractivity contribution < 1.29 is 13.2 Å². The van der Waals surface area contributed by atoms with E-state index in [1.54, 1.807) is 35.0 Å². The molecule has 1 N–H and O–H groups in total. The van der Waals surface area contributed by atoms with Crippen molar-refractivity contribution in [3.05, 3.63) is 85.1 Å². The summed E-state index contributed by atoms with van der Waals surface area (Å²) in [5, 5.41) is 13.0. The van der Waals surface area contributed by atoms with Gasteiger partial charge in [0.2, 0.25) is 5.82 Å². The van der Waals surface area contributed by atoms with Crippen molar-refractivity contribution in [1.82, 2.24) is 24.8 Å². The molecule has 0 spiro atoms. The molecule has 0 saturated carbocycles. The summed E-state index contributed by atoms with van der Waals surface area (Å²) < 4.78 is 35.5. The fourth-order valence-electron chi connectivity index (χ4n) is 3.57. The maximum Gasteiger partial charge on any atom is 0.261 e. The van der Waals surface area contributed by atoms with Gasteiger partial charge >= 0.3 is 0 Å². The van der Waals surface area contributed by atoms with Crippen molar-refractivity contribution in [2.24, 2.45) is 0 Å². The fraction of sp³-hybridized carbons (Fsp3) is 0.154. The number of pyridine rings is 1. The molecule has 5 aromatic rings. The van der Waals surface area contributed by atoms with Crippen LogP contribution in [0.2, 0.25) is 0 Å². The van der Waals surface area contributed by atoms with Crippen LogP contribution in [-0.4, -0.2) is 39.8 Å². The Morgan fingerprint density at radius 2 is 1.69 bits per heavy atom. The Hall–Kier alpha value is -4.31. The monoisotopic (exact) mass is 500 g/mol. The van der Waals surface area contributed by atoms with E-state index in [1.807, 2.05) is 42.5 Å². The van der Waals surface area contributed by atoms with Gasteiger partial charge in [0, 0.05) is 17.4 Å². The normalized spacial score (nSPS) is 11.5. The summed E-state index contributed by atoms with van der Waals surface area (Å²) in [6, 6.07) is 22.6. The number of unbranched alkanes of at least 4 members (excludes halogenated alkanes) is 1. The predicted octanol–water partition coefficient (Wildman–Crippen LogP) is 4.83. The van der Waals surface area contributed by atoms with Crippen LogP contribution >= 0.6 is 0 Å². The van der Waals surface area contributed by atoms with Gasteiger partial charge in [-0.15, -0.1) is 10.2 Å². The average Bonchev–Trinajstić information content (AvgIpc) is 3.33. The predicted molar refractivity (Wildman–Crippen MR) is 137 cm³/mol. The zero-order valence-corrected chi connectivity index (χ0v) is 20.4. The van der Waals surface area contributed by atoms with E-state index in [0.29, 0.717) is 40.9 Å². The molecule has 0 atom stereocenters. The molecule has 0 unspecified atom stereocenters. The lowest BCUT2D eigenvalue weighted by atomic mass is 10.1. The van der Waals surface area contributed by atoms with Crippen LogP contribution in [0.3, 0.4) is 0 Å². The lowest BCUT2D eigenvalue weighted by Crippen LogP contribution is -2.12. The van der Waals surface area contributed by atoms with E-state index in [2.05, 4.69) is 31.9 Å². The second-order valence-corrected chi connectivity index (χ2v) is 9.77. The molecule has 0 fully saturated rings. The molecule has 36 heavy (non-hydrogen) atoms. The van der Waals surface area contributed by atoms with E-state index in [0.717, 1.165) is 18.4 Å². The standard InChI is InChI=1S/C26H24N6O3S/c1-2-3-18-35-21-11-13-22(14-12-21)36(33,34)31-20-9-7-19(8-10-20)23-15-16-25-28-29-26(32(25)30-23)24-6-4-5-17-27-24/h4-17,31H,2-3,18H2,1H3. The maximum absolute atomic E-state index is 12.8. The molecule has 182 valence electrons. The van der Waals surface area contributed by atoms with Crippen molar-refractivity contribution in [1.29, 1.82) is 0 Å². The van der Waals surface area contributed by atoms with Gasteiger partial charge in [-0.2, -0.15) is 9.61 Å². The van der Waals surface area contributed by atoms with Gasteiger partial charge in [0.15, 0.2) is 5.65 Å². The number of rotatable bonds is 9. The summed E-state index contributed by atoms with van der Waals surface area (Å²) in [4.78, 5) is 4.49. The van der Waals surface area contributed by atoms with E-state index < -0.39 is 10.0 Å². The summed E-state index contributed by atoms with van der Waals surface area (Å²) in [6.45, 7) is 2.69. The smallest absolute Gasteiger partial charge is 0.261 e. The van der Waals surface area contributed by atoms with Gasteiger partial charge in [-0.05, 0) is 67.1 Å². The van der Waals surface area contributed by atoms with Crippen LogP contribution in [0.15, 0.2) is 90.0 Å². The van der Waals surface area contributed by atoms with Crippen LogP contribution in [0.25, 0.3) is 28.4 Å². The molecule has 3 aromatic heterocycles. The van der Waals surface area contributed by atoms with Crippen molar-refractivity contribution in [2.75, 3.05) is 11.3 Å². The molecule has 5 rings (SSSR count). The summed E-state index contributed by atoms with van der Waals surface area (Å²) in [6.07, 6.45) is 3.67. The average molecular weight is 501 g/mol. The number of hydrogen-bond acceptors (Lipinski definition) is 7. The van der Waals surface area contributed by atoms with Crippen molar-refractivity contribution >= 4 is 21.4 Å². The number of ether oxygens (including phenoxy) is 1. The first-order valence-electron chi connectivity index (χ1n) is 11.5. The number of hydrogen-bond donors (Lipinski definition) is 1. The molecule has 0 amide bonds. The Kier molecular flexibility index (Phi) is 6.59. The van der Waals surface area contributed by atoms with Gasteiger partial charge in [-0.3, -0.25) is 9.71 Å². The number of aromatic nitrogens is 5. The largest absolute Gasteiger partial charge is 0.494 e. The minimum atomic E-state index is -3.74. The SMILES string of the molecule is CCCCOc1ccc(S(=O)(=O)Nc2ccc(-c3ccc4nnc(-c5ccccn5)n4n3)cc2)cc1. The number of sulfonamides is 1. The van der Waals surface area contributed by atoms with Gasteiger partial charge in [-0.25, -0.2) is 8.42 Å². The van der Waals surface area contributed by atoms with E-state index in [1.165, 1.54) is 12.1 Å². The molecule has 9 nitrogen and oxygen atoms in total. The zero-order valence-electron chi connectivity index (χ0n) is 19.6. The van der Waals surface area contributed by atoms with E-state index in [-0.39, 0.29) is 4.90 Å². The van der Waals surface area contributed by atoms with Crippen LogP contribution in [0, 0.1) is 0 Å². The van der Waals surface area contributed by atoms with Crippen LogP contribution in [0.1, 0.15) is 19.8 Å². The van der Waals surface area contributed by atoms with Crippen LogP contribution in [0.5, 0.6) is 5.75 Å². The second-order valence-electron chi connectivity index (χ2n) is 8.08. The number of benzene rings is 2. The molecule has 3 heterocycles. The number of anilines is 1. The molecule has 0 aliphatic heterocycles. The Balaban J connectivity index is 1.33. The first kappa shape index (κ1) is 23.4.